The van der Waals surface area contributed by atoms with Gasteiger partial charge in [-0.25, -0.2) is 0 Å². The molecular formula is C23H15Cl2NO2S. The van der Waals surface area contributed by atoms with Crippen LogP contribution in [0.15, 0.2) is 66.0 Å². The standard InChI is InChI=1S/C23H15Cl2NO2S/c1-13(27)18-10-14(19-12-29-22-5-3-2-4-16(19)22)6-9-21(18)26-23(28)17-8-7-15(24)11-20(17)25/h2-12H,1H3,(H,26,28). The van der Waals surface area contributed by atoms with Crippen molar-refractivity contribution in [2.75, 3.05) is 5.32 Å². The molecule has 0 bridgehead atoms. The second-order valence-corrected chi connectivity index (χ2v) is 8.30. The van der Waals surface area contributed by atoms with Gasteiger partial charge in [0, 0.05) is 26.2 Å². The van der Waals surface area contributed by atoms with Gasteiger partial charge in [-0.2, -0.15) is 0 Å². The molecule has 1 amide bonds. The third-order valence-corrected chi connectivity index (χ3v) is 6.13. The third kappa shape index (κ3) is 3.92. The Labute approximate surface area is 181 Å². The van der Waals surface area contributed by atoms with Gasteiger partial charge in [-0.3, -0.25) is 9.59 Å². The molecule has 0 unspecified atom stereocenters. The van der Waals surface area contributed by atoms with Gasteiger partial charge < -0.3 is 5.32 Å². The molecule has 4 aromatic rings. The van der Waals surface area contributed by atoms with Crippen molar-refractivity contribution in [2.24, 2.45) is 0 Å². The number of Topliss-reactive ketones (excluding diaryl/α,β-unsaturated/α-hetero) is 1. The molecule has 0 aliphatic carbocycles. The van der Waals surface area contributed by atoms with E-state index in [-0.39, 0.29) is 10.8 Å². The van der Waals surface area contributed by atoms with Crippen LogP contribution in [0.3, 0.4) is 0 Å². The minimum Gasteiger partial charge on any atom is -0.321 e. The zero-order valence-corrected chi connectivity index (χ0v) is 17.7. The topological polar surface area (TPSA) is 46.2 Å². The van der Waals surface area contributed by atoms with Crippen LogP contribution in [0.2, 0.25) is 10.0 Å². The minimum absolute atomic E-state index is 0.135. The highest BCUT2D eigenvalue weighted by Crippen LogP contribution is 2.35. The number of anilines is 1. The monoisotopic (exact) mass is 439 g/mol. The number of amides is 1. The summed E-state index contributed by atoms with van der Waals surface area (Å²) in [6.07, 6.45) is 0. The van der Waals surface area contributed by atoms with E-state index in [0.717, 1.165) is 16.5 Å². The molecule has 29 heavy (non-hydrogen) atoms. The number of carbonyl (C=O) groups excluding carboxylic acids is 2. The first-order valence-electron chi connectivity index (χ1n) is 8.82. The summed E-state index contributed by atoms with van der Waals surface area (Å²) in [6, 6.07) is 18.3. The molecule has 1 heterocycles. The Bertz CT molecular complexity index is 1260. The maximum Gasteiger partial charge on any atom is 0.257 e. The van der Waals surface area contributed by atoms with E-state index in [1.165, 1.54) is 17.7 Å². The first-order valence-corrected chi connectivity index (χ1v) is 10.5. The fraction of sp³-hybridized carbons (Fsp3) is 0.0435. The zero-order chi connectivity index (χ0) is 20.5. The van der Waals surface area contributed by atoms with Crippen LogP contribution in [-0.4, -0.2) is 11.7 Å². The molecule has 4 rings (SSSR count). The smallest absolute Gasteiger partial charge is 0.257 e. The molecule has 0 spiro atoms. The molecule has 0 aliphatic heterocycles. The van der Waals surface area contributed by atoms with Gasteiger partial charge in [-0.1, -0.05) is 47.5 Å². The van der Waals surface area contributed by atoms with Gasteiger partial charge in [0.15, 0.2) is 5.78 Å². The summed E-state index contributed by atoms with van der Waals surface area (Å²) in [6.45, 7) is 1.48. The number of ketones is 1. The molecule has 1 aromatic heterocycles. The van der Waals surface area contributed by atoms with Gasteiger partial charge >= 0.3 is 0 Å². The van der Waals surface area contributed by atoms with Crippen molar-refractivity contribution < 1.29 is 9.59 Å². The summed E-state index contributed by atoms with van der Waals surface area (Å²) in [5.41, 5.74) is 3.16. The lowest BCUT2D eigenvalue weighted by molar-refractivity contribution is 0.101. The third-order valence-electron chi connectivity index (χ3n) is 4.61. The Kier molecular flexibility index (Phi) is 5.41. The number of benzene rings is 3. The molecule has 0 fully saturated rings. The second-order valence-electron chi connectivity index (χ2n) is 6.54. The molecule has 0 saturated heterocycles. The molecule has 1 N–H and O–H groups in total. The number of hydrogen-bond acceptors (Lipinski definition) is 3. The highest BCUT2D eigenvalue weighted by atomic mass is 35.5. The van der Waals surface area contributed by atoms with Crippen molar-refractivity contribution in [3.8, 4) is 11.1 Å². The average Bonchev–Trinajstić information content (AvgIpc) is 3.12. The van der Waals surface area contributed by atoms with Crippen LogP contribution in [0.5, 0.6) is 0 Å². The predicted octanol–water partition coefficient (Wildman–Crippen LogP) is 7.33. The maximum atomic E-state index is 12.7. The van der Waals surface area contributed by atoms with Crippen molar-refractivity contribution in [3.63, 3.8) is 0 Å². The van der Waals surface area contributed by atoms with Gasteiger partial charge in [0.25, 0.3) is 5.91 Å². The van der Waals surface area contributed by atoms with Crippen molar-refractivity contribution in [1.29, 1.82) is 0 Å². The van der Waals surface area contributed by atoms with E-state index in [2.05, 4.69) is 22.8 Å². The summed E-state index contributed by atoms with van der Waals surface area (Å²) in [4.78, 5) is 25.0. The van der Waals surface area contributed by atoms with Crippen LogP contribution < -0.4 is 5.32 Å². The summed E-state index contributed by atoms with van der Waals surface area (Å²) in [7, 11) is 0. The summed E-state index contributed by atoms with van der Waals surface area (Å²) in [5.74, 6) is -0.535. The number of fused-ring (bicyclic) bond motifs is 1. The van der Waals surface area contributed by atoms with Crippen LogP contribution in [0.1, 0.15) is 27.6 Å². The lowest BCUT2D eigenvalue weighted by atomic mass is 9.99. The SMILES string of the molecule is CC(=O)c1cc(-c2csc3ccccc23)ccc1NC(=O)c1ccc(Cl)cc1Cl. The number of halogens is 2. The molecular weight excluding hydrogens is 425 g/mol. The van der Waals surface area contributed by atoms with Crippen molar-refractivity contribution in [3.05, 3.63) is 87.2 Å². The van der Waals surface area contributed by atoms with E-state index in [1.54, 1.807) is 29.5 Å². The quantitative estimate of drug-likeness (QED) is 0.338. The van der Waals surface area contributed by atoms with Crippen molar-refractivity contribution in [1.82, 2.24) is 0 Å². The first-order chi connectivity index (χ1) is 13.9. The van der Waals surface area contributed by atoms with Crippen molar-refractivity contribution in [2.45, 2.75) is 6.92 Å². The number of hydrogen-bond donors (Lipinski definition) is 1. The first kappa shape index (κ1) is 19.6. The Balaban J connectivity index is 1.71. The molecule has 0 atom stereocenters. The second kappa shape index (κ2) is 7.99. The van der Waals surface area contributed by atoms with Gasteiger partial charge in [0.1, 0.15) is 0 Å². The largest absolute Gasteiger partial charge is 0.321 e. The van der Waals surface area contributed by atoms with E-state index in [0.29, 0.717) is 21.8 Å². The fourth-order valence-corrected chi connectivity index (χ4v) is 4.64. The van der Waals surface area contributed by atoms with E-state index >= 15 is 0 Å². The van der Waals surface area contributed by atoms with E-state index < -0.39 is 5.91 Å². The number of nitrogens with one attached hydrogen (secondary N) is 1. The normalized spacial score (nSPS) is 10.9. The van der Waals surface area contributed by atoms with Gasteiger partial charge in [-0.05, 0) is 54.3 Å². The Morgan fingerprint density at radius 3 is 2.48 bits per heavy atom. The van der Waals surface area contributed by atoms with Crippen LogP contribution in [0.25, 0.3) is 21.2 Å². The van der Waals surface area contributed by atoms with Crippen LogP contribution in [-0.2, 0) is 0 Å². The minimum atomic E-state index is -0.400. The molecule has 0 saturated carbocycles. The number of carbonyl (C=O) groups is 2. The molecule has 144 valence electrons. The predicted molar refractivity (Wildman–Crippen MR) is 122 cm³/mol. The van der Waals surface area contributed by atoms with Crippen LogP contribution in [0.4, 0.5) is 5.69 Å². The molecule has 3 aromatic carbocycles. The van der Waals surface area contributed by atoms with Gasteiger partial charge in [0.05, 0.1) is 16.3 Å². The lowest BCUT2D eigenvalue weighted by Gasteiger charge is -2.12. The summed E-state index contributed by atoms with van der Waals surface area (Å²) >= 11 is 13.7. The zero-order valence-electron chi connectivity index (χ0n) is 15.3. The van der Waals surface area contributed by atoms with Crippen LogP contribution in [0, 0.1) is 0 Å². The molecule has 0 aliphatic rings. The van der Waals surface area contributed by atoms with Gasteiger partial charge in [-0.15, -0.1) is 11.3 Å². The highest BCUT2D eigenvalue weighted by molar-refractivity contribution is 7.17. The van der Waals surface area contributed by atoms with Gasteiger partial charge in [0.2, 0.25) is 0 Å². The summed E-state index contributed by atoms with van der Waals surface area (Å²) < 4.78 is 1.18. The molecule has 3 nitrogen and oxygen atoms in total. The average molecular weight is 440 g/mol. The highest BCUT2D eigenvalue weighted by Gasteiger charge is 2.16. The molecule has 6 heteroatoms. The van der Waals surface area contributed by atoms with E-state index in [9.17, 15) is 9.59 Å². The van der Waals surface area contributed by atoms with E-state index in [1.807, 2.05) is 24.3 Å². The van der Waals surface area contributed by atoms with Crippen molar-refractivity contribution >= 4 is 62.0 Å². The summed E-state index contributed by atoms with van der Waals surface area (Å²) in [5, 5.41) is 6.71. The van der Waals surface area contributed by atoms with Crippen LogP contribution >= 0.6 is 34.5 Å². The Morgan fingerprint density at radius 2 is 1.72 bits per heavy atom. The lowest BCUT2D eigenvalue weighted by Crippen LogP contribution is -2.15. The number of rotatable bonds is 4. The maximum absolute atomic E-state index is 12.7. The number of thiophene rings is 1. The fourth-order valence-electron chi connectivity index (χ4n) is 3.18. The Hall–Kier alpha value is -2.66. The molecule has 0 radical (unpaired) electrons. The Morgan fingerprint density at radius 1 is 0.931 bits per heavy atom. The van der Waals surface area contributed by atoms with E-state index in [4.69, 9.17) is 23.2 Å².